The molecule has 30 heavy (non-hydrogen) atoms. The molecule has 0 aromatic heterocycles. The highest BCUT2D eigenvalue weighted by Gasteiger charge is 2.06. The molecule has 0 amide bonds. The van der Waals surface area contributed by atoms with Crippen LogP contribution >= 0.6 is 23.4 Å². The van der Waals surface area contributed by atoms with Crippen molar-refractivity contribution in [1.82, 2.24) is 0 Å². The van der Waals surface area contributed by atoms with E-state index < -0.39 is 0 Å². The summed E-state index contributed by atoms with van der Waals surface area (Å²) in [5.41, 5.74) is 8.90. The Morgan fingerprint density at radius 2 is 1.80 bits per heavy atom. The first-order chi connectivity index (χ1) is 14.6. The largest absolute Gasteiger partial charge is 0.493 e. The lowest BCUT2D eigenvalue weighted by Gasteiger charge is -2.11. The number of nitrogens with two attached hydrogens (primary N) is 1. The number of thioether (sulfide) groups is 1. The van der Waals surface area contributed by atoms with Crippen LogP contribution in [0.5, 0.6) is 11.5 Å². The number of halogens is 1. The van der Waals surface area contributed by atoms with Crippen molar-refractivity contribution >= 4 is 34.7 Å². The second-order valence-electron chi connectivity index (χ2n) is 6.29. The maximum absolute atomic E-state index is 6.01. The zero-order chi connectivity index (χ0) is 21.2. The normalized spacial score (nSPS) is 11.6. The van der Waals surface area contributed by atoms with Crippen LogP contribution in [0.4, 0.5) is 0 Å². The van der Waals surface area contributed by atoms with E-state index in [0.717, 1.165) is 16.9 Å². The molecule has 0 aliphatic carbocycles. The standard InChI is InChI=1S/C23H22ClN3O2S/c1-28-22-13-18(10-11-21(22)29-15-19-8-5-9-20(24)12-19)14-26-27-23(25)30-16-17-6-3-2-4-7-17/h2-14H,15-16H2,1H3,(H2,25,27). The van der Waals surface area contributed by atoms with E-state index in [0.29, 0.717) is 28.3 Å². The molecule has 2 N–H and O–H groups in total. The quantitative estimate of drug-likeness (QED) is 0.285. The molecule has 154 valence electrons. The van der Waals surface area contributed by atoms with Crippen molar-refractivity contribution in [3.8, 4) is 11.5 Å². The van der Waals surface area contributed by atoms with Gasteiger partial charge in [-0.05, 0) is 47.0 Å². The third-order valence-corrected chi connectivity index (χ3v) is 5.15. The highest BCUT2D eigenvalue weighted by molar-refractivity contribution is 8.13. The molecule has 0 saturated carbocycles. The van der Waals surface area contributed by atoms with E-state index in [2.05, 4.69) is 10.2 Å². The van der Waals surface area contributed by atoms with Gasteiger partial charge in [-0.25, -0.2) is 0 Å². The van der Waals surface area contributed by atoms with Crippen LogP contribution in [0.1, 0.15) is 16.7 Å². The summed E-state index contributed by atoms with van der Waals surface area (Å²) in [6.07, 6.45) is 1.62. The topological polar surface area (TPSA) is 69.2 Å². The van der Waals surface area contributed by atoms with E-state index in [1.807, 2.05) is 72.8 Å². The minimum Gasteiger partial charge on any atom is -0.493 e. The van der Waals surface area contributed by atoms with Gasteiger partial charge in [-0.1, -0.05) is 65.8 Å². The van der Waals surface area contributed by atoms with Crippen molar-refractivity contribution < 1.29 is 9.47 Å². The van der Waals surface area contributed by atoms with E-state index in [1.54, 1.807) is 13.3 Å². The van der Waals surface area contributed by atoms with Crippen molar-refractivity contribution in [2.24, 2.45) is 15.9 Å². The van der Waals surface area contributed by atoms with E-state index in [4.69, 9.17) is 26.8 Å². The van der Waals surface area contributed by atoms with Crippen molar-refractivity contribution in [1.29, 1.82) is 0 Å². The second kappa shape index (κ2) is 11.3. The van der Waals surface area contributed by atoms with Crippen LogP contribution < -0.4 is 15.2 Å². The van der Waals surface area contributed by atoms with Crippen molar-refractivity contribution in [2.75, 3.05) is 7.11 Å². The van der Waals surface area contributed by atoms with Crippen LogP contribution in [-0.2, 0) is 12.4 Å². The van der Waals surface area contributed by atoms with Gasteiger partial charge in [0.05, 0.1) is 13.3 Å². The molecule has 5 nitrogen and oxygen atoms in total. The number of amidine groups is 1. The van der Waals surface area contributed by atoms with Crippen LogP contribution in [0.15, 0.2) is 83.0 Å². The first-order valence-electron chi connectivity index (χ1n) is 9.22. The summed E-state index contributed by atoms with van der Waals surface area (Å²) in [5, 5.41) is 9.19. The van der Waals surface area contributed by atoms with Gasteiger partial charge >= 0.3 is 0 Å². The molecule has 3 rings (SSSR count). The molecule has 0 aliphatic rings. The third kappa shape index (κ3) is 6.83. The average molecular weight is 440 g/mol. The Kier molecular flexibility index (Phi) is 8.18. The van der Waals surface area contributed by atoms with Gasteiger partial charge in [0.2, 0.25) is 0 Å². The zero-order valence-electron chi connectivity index (χ0n) is 16.5. The van der Waals surface area contributed by atoms with Gasteiger partial charge < -0.3 is 15.2 Å². The highest BCUT2D eigenvalue weighted by atomic mass is 35.5. The maximum Gasteiger partial charge on any atom is 0.180 e. The molecule has 0 unspecified atom stereocenters. The third-order valence-electron chi connectivity index (χ3n) is 4.06. The molecular formula is C23H22ClN3O2S. The number of methoxy groups -OCH3 is 1. The van der Waals surface area contributed by atoms with Gasteiger partial charge in [-0.3, -0.25) is 0 Å². The fraction of sp³-hybridized carbons (Fsp3) is 0.130. The van der Waals surface area contributed by atoms with Crippen LogP contribution in [0.3, 0.4) is 0 Å². The Balaban J connectivity index is 1.58. The predicted octanol–water partition coefficient (Wildman–Crippen LogP) is 5.51. The number of rotatable bonds is 8. The maximum atomic E-state index is 6.01. The monoisotopic (exact) mass is 439 g/mol. The summed E-state index contributed by atoms with van der Waals surface area (Å²) in [7, 11) is 1.60. The molecule has 3 aromatic carbocycles. The van der Waals surface area contributed by atoms with E-state index in [9.17, 15) is 0 Å². The molecule has 0 atom stereocenters. The van der Waals surface area contributed by atoms with E-state index in [1.165, 1.54) is 17.3 Å². The summed E-state index contributed by atoms with van der Waals surface area (Å²) in [6.45, 7) is 0.393. The SMILES string of the molecule is COc1cc(C=NN=C(N)SCc2ccccc2)ccc1OCc1cccc(Cl)c1. The van der Waals surface area contributed by atoms with Crippen LogP contribution in [0.25, 0.3) is 0 Å². The lowest BCUT2D eigenvalue weighted by atomic mass is 10.2. The Morgan fingerprint density at radius 1 is 1.00 bits per heavy atom. The Hall–Kier alpha value is -2.96. The molecule has 0 spiro atoms. The molecule has 0 bridgehead atoms. The average Bonchev–Trinajstić information content (AvgIpc) is 2.77. The van der Waals surface area contributed by atoms with E-state index in [-0.39, 0.29) is 0 Å². The van der Waals surface area contributed by atoms with Gasteiger partial charge in [0.1, 0.15) is 6.61 Å². The lowest BCUT2D eigenvalue weighted by Crippen LogP contribution is -2.06. The molecule has 0 heterocycles. The summed E-state index contributed by atoms with van der Waals surface area (Å²) in [5.74, 6) is 1.99. The van der Waals surface area contributed by atoms with Crippen LogP contribution in [0, 0.1) is 0 Å². The summed E-state index contributed by atoms with van der Waals surface area (Å²) < 4.78 is 11.3. The number of hydrogen-bond donors (Lipinski definition) is 1. The molecule has 3 aromatic rings. The summed E-state index contributed by atoms with van der Waals surface area (Å²) in [4.78, 5) is 0. The minimum absolute atomic E-state index is 0.393. The predicted molar refractivity (Wildman–Crippen MR) is 126 cm³/mol. The molecule has 0 saturated heterocycles. The molecule has 0 fully saturated rings. The minimum atomic E-state index is 0.393. The van der Waals surface area contributed by atoms with Gasteiger partial charge in [0.15, 0.2) is 16.7 Å². The lowest BCUT2D eigenvalue weighted by molar-refractivity contribution is 0.284. The fourth-order valence-electron chi connectivity index (χ4n) is 2.58. The summed E-state index contributed by atoms with van der Waals surface area (Å²) >= 11 is 7.45. The molecule has 7 heteroatoms. The van der Waals surface area contributed by atoms with Crippen molar-refractivity contribution in [2.45, 2.75) is 12.4 Å². The van der Waals surface area contributed by atoms with Gasteiger partial charge in [0, 0.05) is 10.8 Å². The fourth-order valence-corrected chi connectivity index (χ4v) is 3.41. The Bertz CT molecular complexity index is 1030. The summed E-state index contributed by atoms with van der Waals surface area (Å²) in [6, 6.07) is 23.2. The second-order valence-corrected chi connectivity index (χ2v) is 7.72. The first-order valence-corrected chi connectivity index (χ1v) is 10.6. The molecule has 0 aliphatic heterocycles. The van der Waals surface area contributed by atoms with E-state index >= 15 is 0 Å². The molecule has 0 radical (unpaired) electrons. The van der Waals surface area contributed by atoms with Crippen LogP contribution in [0.2, 0.25) is 5.02 Å². The van der Waals surface area contributed by atoms with Crippen molar-refractivity contribution in [3.63, 3.8) is 0 Å². The molecular weight excluding hydrogens is 418 g/mol. The van der Waals surface area contributed by atoms with Gasteiger partial charge in [0.25, 0.3) is 0 Å². The Morgan fingerprint density at radius 3 is 2.57 bits per heavy atom. The number of benzene rings is 3. The van der Waals surface area contributed by atoms with Crippen molar-refractivity contribution in [3.05, 3.63) is 94.5 Å². The highest BCUT2D eigenvalue weighted by Crippen LogP contribution is 2.28. The number of hydrogen-bond acceptors (Lipinski definition) is 5. The van der Waals surface area contributed by atoms with Gasteiger partial charge in [-0.2, -0.15) is 5.10 Å². The first kappa shape index (κ1) is 21.7. The number of ether oxygens (including phenoxy) is 2. The number of nitrogens with zero attached hydrogens (tertiary/aromatic N) is 2. The Labute approximate surface area is 185 Å². The zero-order valence-corrected chi connectivity index (χ0v) is 18.1. The smallest absolute Gasteiger partial charge is 0.180 e. The van der Waals surface area contributed by atoms with Crippen LogP contribution in [-0.4, -0.2) is 18.5 Å². The van der Waals surface area contributed by atoms with Gasteiger partial charge in [-0.15, -0.1) is 5.10 Å².